The summed E-state index contributed by atoms with van der Waals surface area (Å²) in [6.45, 7) is 0. The third kappa shape index (κ3) is 2.87. The van der Waals surface area contributed by atoms with E-state index in [2.05, 4.69) is 5.32 Å². The zero-order chi connectivity index (χ0) is 13.8. The minimum atomic E-state index is -1.01. The van der Waals surface area contributed by atoms with Gasteiger partial charge in [0, 0.05) is 5.69 Å². The quantitative estimate of drug-likeness (QED) is 0.884. The molecule has 2 aromatic rings. The van der Waals surface area contributed by atoms with Gasteiger partial charge in [-0.3, -0.25) is 0 Å². The van der Waals surface area contributed by atoms with Crippen LogP contribution in [-0.2, 0) is 0 Å². The minimum absolute atomic E-state index is 0.171. The van der Waals surface area contributed by atoms with Crippen LogP contribution in [0.15, 0.2) is 42.5 Å². The SMILES string of the molecule is N#Cc1cc(F)ccc1Nc1ccc(C(=O)O)cc1. The monoisotopic (exact) mass is 256 g/mol. The third-order valence-electron chi connectivity index (χ3n) is 2.51. The predicted molar refractivity (Wildman–Crippen MR) is 67.8 cm³/mol. The molecule has 0 fully saturated rings. The first kappa shape index (κ1) is 12.6. The van der Waals surface area contributed by atoms with E-state index in [1.165, 1.54) is 24.3 Å². The lowest BCUT2D eigenvalue weighted by Gasteiger charge is -2.08. The van der Waals surface area contributed by atoms with Gasteiger partial charge >= 0.3 is 5.97 Å². The van der Waals surface area contributed by atoms with Gasteiger partial charge in [-0.25, -0.2) is 9.18 Å². The second kappa shape index (κ2) is 5.19. The van der Waals surface area contributed by atoms with Crippen molar-refractivity contribution in [3.63, 3.8) is 0 Å². The maximum atomic E-state index is 13.0. The van der Waals surface area contributed by atoms with Crippen molar-refractivity contribution >= 4 is 17.3 Å². The lowest BCUT2D eigenvalue weighted by molar-refractivity contribution is 0.0697. The number of halogens is 1. The number of nitrogens with one attached hydrogen (secondary N) is 1. The second-order valence-electron chi connectivity index (χ2n) is 3.81. The van der Waals surface area contributed by atoms with Crippen LogP contribution < -0.4 is 5.32 Å². The number of carboxylic acid groups (broad SMARTS) is 1. The van der Waals surface area contributed by atoms with Gasteiger partial charge in [-0.2, -0.15) is 5.26 Å². The van der Waals surface area contributed by atoms with Gasteiger partial charge in [0.2, 0.25) is 0 Å². The van der Waals surface area contributed by atoms with E-state index in [4.69, 9.17) is 10.4 Å². The number of carboxylic acids is 1. The molecule has 0 aliphatic carbocycles. The molecule has 2 N–H and O–H groups in total. The lowest BCUT2D eigenvalue weighted by atomic mass is 10.1. The molecule has 2 rings (SSSR count). The second-order valence-corrected chi connectivity index (χ2v) is 3.81. The highest BCUT2D eigenvalue weighted by Gasteiger charge is 2.05. The molecule has 0 atom stereocenters. The van der Waals surface area contributed by atoms with E-state index in [0.29, 0.717) is 11.4 Å². The Hall–Kier alpha value is -2.87. The average molecular weight is 256 g/mol. The summed E-state index contributed by atoms with van der Waals surface area (Å²) in [5.41, 5.74) is 1.44. The standard InChI is InChI=1S/C14H9FN2O2/c15-11-3-6-13(10(7-11)8-16)17-12-4-1-9(2-5-12)14(18)19/h1-7,17H,(H,18,19). The number of hydrogen-bond donors (Lipinski definition) is 2. The molecule has 0 unspecified atom stereocenters. The number of benzene rings is 2. The summed E-state index contributed by atoms with van der Waals surface area (Å²) in [5.74, 6) is -1.49. The van der Waals surface area contributed by atoms with Gasteiger partial charge < -0.3 is 10.4 Å². The van der Waals surface area contributed by atoms with Crippen LogP contribution in [0.3, 0.4) is 0 Å². The van der Waals surface area contributed by atoms with Crippen molar-refractivity contribution in [1.29, 1.82) is 5.26 Å². The number of hydrogen-bond acceptors (Lipinski definition) is 3. The molecule has 0 aliphatic heterocycles. The van der Waals surface area contributed by atoms with Crippen molar-refractivity contribution in [2.24, 2.45) is 0 Å². The van der Waals surface area contributed by atoms with Crippen LogP contribution in [-0.4, -0.2) is 11.1 Å². The van der Waals surface area contributed by atoms with Crippen LogP contribution in [0.1, 0.15) is 15.9 Å². The van der Waals surface area contributed by atoms with Gasteiger partial charge in [0.05, 0.1) is 16.8 Å². The Bertz CT molecular complexity index is 660. The predicted octanol–water partition coefficient (Wildman–Crippen LogP) is 3.14. The van der Waals surface area contributed by atoms with Crippen LogP contribution in [0.2, 0.25) is 0 Å². The Kier molecular flexibility index (Phi) is 3.44. The molecule has 0 heterocycles. The van der Waals surface area contributed by atoms with Crippen LogP contribution in [0.25, 0.3) is 0 Å². The summed E-state index contributed by atoms with van der Waals surface area (Å²) in [7, 11) is 0. The maximum absolute atomic E-state index is 13.0. The fourth-order valence-corrected chi connectivity index (χ4v) is 1.57. The summed E-state index contributed by atoms with van der Waals surface area (Å²) in [5, 5.41) is 20.6. The van der Waals surface area contributed by atoms with Crippen molar-refractivity contribution < 1.29 is 14.3 Å². The smallest absolute Gasteiger partial charge is 0.335 e. The molecule has 0 spiro atoms. The van der Waals surface area contributed by atoms with E-state index in [9.17, 15) is 9.18 Å². The molecule has 0 aliphatic rings. The number of rotatable bonds is 3. The summed E-state index contributed by atoms with van der Waals surface area (Å²) in [6.07, 6.45) is 0. The molecule has 5 heteroatoms. The summed E-state index contributed by atoms with van der Waals surface area (Å²) < 4.78 is 13.0. The molecule has 0 bridgehead atoms. The molecule has 4 nitrogen and oxygen atoms in total. The number of carbonyl (C=O) groups is 1. The molecular weight excluding hydrogens is 247 g/mol. The first-order chi connectivity index (χ1) is 9.10. The summed E-state index contributed by atoms with van der Waals surface area (Å²) in [4.78, 5) is 10.7. The number of nitriles is 1. The van der Waals surface area contributed by atoms with Gasteiger partial charge in [0.1, 0.15) is 11.9 Å². The van der Waals surface area contributed by atoms with Crippen LogP contribution in [0.4, 0.5) is 15.8 Å². The lowest BCUT2D eigenvalue weighted by Crippen LogP contribution is -1.97. The topological polar surface area (TPSA) is 73.1 Å². The number of aromatic carboxylic acids is 1. The van der Waals surface area contributed by atoms with E-state index < -0.39 is 11.8 Å². The zero-order valence-corrected chi connectivity index (χ0v) is 9.72. The van der Waals surface area contributed by atoms with Crippen LogP contribution in [0, 0.1) is 17.1 Å². The molecular formula is C14H9FN2O2. The Morgan fingerprint density at radius 3 is 2.47 bits per heavy atom. The molecule has 0 radical (unpaired) electrons. The van der Waals surface area contributed by atoms with Gasteiger partial charge in [-0.15, -0.1) is 0 Å². The van der Waals surface area contributed by atoms with Crippen LogP contribution in [0.5, 0.6) is 0 Å². The van der Waals surface area contributed by atoms with Crippen LogP contribution >= 0.6 is 0 Å². The molecule has 0 aromatic heterocycles. The fraction of sp³-hybridized carbons (Fsp3) is 0. The highest BCUT2D eigenvalue weighted by atomic mass is 19.1. The molecule has 0 saturated carbocycles. The van der Waals surface area contributed by atoms with E-state index in [1.807, 2.05) is 6.07 Å². The van der Waals surface area contributed by atoms with Crippen molar-refractivity contribution in [1.82, 2.24) is 0 Å². The van der Waals surface area contributed by atoms with E-state index in [0.717, 1.165) is 6.07 Å². The van der Waals surface area contributed by atoms with Crippen molar-refractivity contribution in [3.8, 4) is 6.07 Å². The Morgan fingerprint density at radius 1 is 1.21 bits per heavy atom. The normalized spacial score (nSPS) is 9.68. The Labute approximate surface area is 108 Å². The largest absolute Gasteiger partial charge is 0.478 e. The van der Waals surface area contributed by atoms with Crippen molar-refractivity contribution in [2.45, 2.75) is 0 Å². The third-order valence-corrected chi connectivity index (χ3v) is 2.51. The average Bonchev–Trinajstić information content (AvgIpc) is 2.41. The summed E-state index contributed by atoms with van der Waals surface area (Å²) >= 11 is 0. The number of nitrogens with zero attached hydrogens (tertiary/aromatic N) is 1. The van der Waals surface area contributed by atoms with E-state index >= 15 is 0 Å². The summed E-state index contributed by atoms with van der Waals surface area (Å²) in [6, 6.07) is 11.8. The zero-order valence-electron chi connectivity index (χ0n) is 9.72. The van der Waals surface area contributed by atoms with E-state index in [1.54, 1.807) is 12.1 Å². The van der Waals surface area contributed by atoms with Crippen molar-refractivity contribution in [2.75, 3.05) is 5.32 Å². The maximum Gasteiger partial charge on any atom is 0.335 e. The van der Waals surface area contributed by atoms with Gasteiger partial charge in [0.25, 0.3) is 0 Å². The van der Waals surface area contributed by atoms with Gasteiger partial charge in [0.15, 0.2) is 0 Å². The molecule has 94 valence electrons. The van der Waals surface area contributed by atoms with Crippen molar-refractivity contribution in [3.05, 3.63) is 59.4 Å². The Balaban J connectivity index is 2.26. The first-order valence-electron chi connectivity index (χ1n) is 5.40. The minimum Gasteiger partial charge on any atom is -0.478 e. The van der Waals surface area contributed by atoms with E-state index in [-0.39, 0.29) is 11.1 Å². The molecule has 2 aromatic carbocycles. The highest BCUT2D eigenvalue weighted by molar-refractivity contribution is 5.88. The van der Waals surface area contributed by atoms with Gasteiger partial charge in [-0.05, 0) is 42.5 Å². The fourth-order valence-electron chi connectivity index (χ4n) is 1.57. The first-order valence-corrected chi connectivity index (χ1v) is 5.40. The Morgan fingerprint density at radius 2 is 1.89 bits per heavy atom. The molecule has 19 heavy (non-hydrogen) atoms. The number of anilines is 2. The van der Waals surface area contributed by atoms with Gasteiger partial charge in [-0.1, -0.05) is 0 Å². The highest BCUT2D eigenvalue weighted by Crippen LogP contribution is 2.21. The molecule has 0 saturated heterocycles. The molecule has 0 amide bonds.